The topological polar surface area (TPSA) is 118 Å². The van der Waals surface area contributed by atoms with Crippen molar-refractivity contribution in [2.24, 2.45) is 5.73 Å². The molecular weight excluding hydrogens is 278 g/mol. The molecule has 0 fully saturated rings. The summed E-state index contributed by atoms with van der Waals surface area (Å²) < 4.78 is 25.3. The number of anilines is 1. The smallest absolute Gasteiger partial charge is 0.272 e. The van der Waals surface area contributed by atoms with Gasteiger partial charge in [0, 0.05) is 26.6 Å². The molecule has 1 rings (SSSR count). The van der Waals surface area contributed by atoms with E-state index in [9.17, 15) is 13.2 Å². The Bertz CT molecular complexity index is 513. The van der Waals surface area contributed by atoms with E-state index in [1.165, 1.54) is 11.2 Å². The Balaban J connectivity index is 2.97. The number of nitrogens with zero attached hydrogens (tertiary/aromatic N) is 3. The molecule has 3 N–H and O–H groups in total. The first kappa shape index (κ1) is 15.0. The highest BCUT2D eigenvalue weighted by Gasteiger charge is 2.27. The molecule has 0 radical (unpaired) electrons. The number of hydrogen-bond donors (Lipinski definition) is 2. The number of aromatic nitrogens is 2. The summed E-state index contributed by atoms with van der Waals surface area (Å²) in [6, 6.07) is 0. The number of sulfonamides is 1. The van der Waals surface area contributed by atoms with Crippen LogP contribution >= 0.6 is 11.3 Å². The van der Waals surface area contributed by atoms with Crippen LogP contribution in [0.3, 0.4) is 0 Å². The summed E-state index contributed by atoms with van der Waals surface area (Å²) in [5.74, 6) is -0.329. The molecule has 0 spiro atoms. The van der Waals surface area contributed by atoms with Crippen LogP contribution in [0, 0.1) is 0 Å². The van der Waals surface area contributed by atoms with Gasteiger partial charge >= 0.3 is 0 Å². The Labute approximate surface area is 109 Å². The van der Waals surface area contributed by atoms with Gasteiger partial charge in [0.05, 0.1) is 0 Å². The van der Waals surface area contributed by atoms with Crippen molar-refractivity contribution < 1.29 is 13.2 Å². The molecule has 0 saturated carbocycles. The molecule has 0 bridgehead atoms. The van der Waals surface area contributed by atoms with E-state index in [1.54, 1.807) is 6.92 Å². The second-order valence-electron chi connectivity index (χ2n) is 3.34. The maximum atomic E-state index is 12.1. The monoisotopic (exact) mass is 293 g/mol. The molecule has 102 valence electrons. The maximum absolute atomic E-state index is 12.1. The Morgan fingerprint density at radius 3 is 2.67 bits per heavy atom. The summed E-state index contributed by atoms with van der Waals surface area (Å²) in [5.41, 5.74) is 5.36. The number of nitrogens with two attached hydrogens (primary N) is 1. The molecule has 18 heavy (non-hydrogen) atoms. The molecule has 10 heteroatoms. The molecule has 1 aromatic heterocycles. The number of carbonyl (C=O) groups excluding carboxylic acids is 1. The molecule has 0 saturated heterocycles. The first-order chi connectivity index (χ1) is 8.41. The normalized spacial score (nSPS) is 11.8. The van der Waals surface area contributed by atoms with Crippen molar-refractivity contribution in [1.29, 1.82) is 0 Å². The highest BCUT2D eigenvalue weighted by atomic mass is 32.2. The number of amides is 1. The fraction of sp³-hybridized carbons (Fsp3) is 0.625. The minimum absolute atomic E-state index is 0.151. The highest BCUT2D eigenvalue weighted by molar-refractivity contribution is 7.91. The predicted molar refractivity (Wildman–Crippen MR) is 67.7 cm³/mol. The molecule has 0 aliphatic heterocycles. The van der Waals surface area contributed by atoms with Gasteiger partial charge in [0.25, 0.3) is 10.0 Å². The third-order valence-corrected chi connectivity index (χ3v) is 5.14. The molecule has 8 nitrogen and oxygen atoms in total. The van der Waals surface area contributed by atoms with Crippen LogP contribution < -0.4 is 11.1 Å². The zero-order valence-electron chi connectivity index (χ0n) is 10.1. The highest BCUT2D eigenvalue weighted by Crippen LogP contribution is 2.22. The van der Waals surface area contributed by atoms with Gasteiger partial charge in [0.2, 0.25) is 15.4 Å². The van der Waals surface area contributed by atoms with E-state index in [4.69, 9.17) is 5.73 Å². The van der Waals surface area contributed by atoms with E-state index >= 15 is 0 Å². The van der Waals surface area contributed by atoms with Crippen LogP contribution in [0.4, 0.5) is 5.13 Å². The third kappa shape index (κ3) is 3.45. The van der Waals surface area contributed by atoms with Crippen molar-refractivity contribution in [2.45, 2.75) is 18.2 Å². The van der Waals surface area contributed by atoms with Crippen LogP contribution in [0.1, 0.15) is 13.8 Å². The lowest BCUT2D eigenvalue weighted by atomic mass is 10.6. The van der Waals surface area contributed by atoms with Crippen LogP contribution in [0.5, 0.6) is 0 Å². The maximum Gasteiger partial charge on any atom is 0.272 e. The molecule has 0 atom stereocenters. The van der Waals surface area contributed by atoms with Crippen molar-refractivity contribution in [3.63, 3.8) is 0 Å². The summed E-state index contributed by atoms with van der Waals surface area (Å²) in [4.78, 5) is 10.8. The zero-order valence-corrected chi connectivity index (χ0v) is 11.7. The summed E-state index contributed by atoms with van der Waals surface area (Å²) in [7, 11) is -3.68. The quantitative estimate of drug-likeness (QED) is 0.680. The van der Waals surface area contributed by atoms with E-state index < -0.39 is 10.0 Å². The van der Waals surface area contributed by atoms with Gasteiger partial charge in [-0.3, -0.25) is 4.79 Å². The van der Waals surface area contributed by atoms with Gasteiger partial charge in [0.1, 0.15) is 0 Å². The van der Waals surface area contributed by atoms with Crippen LogP contribution in [0.25, 0.3) is 0 Å². The van der Waals surface area contributed by atoms with Crippen LogP contribution in [-0.4, -0.2) is 48.5 Å². The second kappa shape index (κ2) is 6.18. The SMILES string of the molecule is CCN(CCN)S(=O)(=O)c1nnc(NC(C)=O)s1. The average Bonchev–Trinajstić information content (AvgIpc) is 2.73. The average molecular weight is 293 g/mol. The van der Waals surface area contributed by atoms with Gasteiger partial charge in [-0.15, -0.1) is 10.2 Å². The van der Waals surface area contributed by atoms with Gasteiger partial charge in [0.15, 0.2) is 0 Å². The van der Waals surface area contributed by atoms with Gasteiger partial charge in [-0.05, 0) is 0 Å². The van der Waals surface area contributed by atoms with Crippen LogP contribution in [0.2, 0.25) is 0 Å². The summed E-state index contributed by atoms with van der Waals surface area (Å²) in [5, 5.41) is 9.72. The molecule has 1 heterocycles. The predicted octanol–water partition coefficient (Wildman–Crippen LogP) is -0.534. The standard InChI is InChI=1S/C8H15N5O3S2/c1-3-13(5-4-9)18(15,16)8-12-11-7(17-8)10-6(2)14/h3-5,9H2,1-2H3,(H,10,11,14). The molecule has 1 amide bonds. The lowest BCUT2D eigenvalue weighted by molar-refractivity contribution is -0.114. The summed E-state index contributed by atoms with van der Waals surface area (Å²) in [6.07, 6.45) is 0. The van der Waals surface area contributed by atoms with E-state index in [1.807, 2.05) is 0 Å². The van der Waals surface area contributed by atoms with Crippen molar-refractivity contribution >= 4 is 32.4 Å². The van der Waals surface area contributed by atoms with E-state index in [-0.39, 0.29) is 28.5 Å². The van der Waals surface area contributed by atoms with Crippen molar-refractivity contribution in [2.75, 3.05) is 25.0 Å². The molecule has 0 aliphatic carbocycles. The van der Waals surface area contributed by atoms with Gasteiger partial charge < -0.3 is 11.1 Å². The number of carbonyl (C=O) groups is 1. The zero-order chi connectivity index (χ0) is 13.8. The fourth-order valence-corrected chi connectivity index (χ4v) is 3.77. The van der Waals surface area contributed by atoms with Gasteiger partial charge in [-0.2, -0.15) is 4.31 Å². The van der Waals surface area contributed by atoms with Crippen LogP contribution in [-0.2, 0) is 14.8 Å². The minimum atomic E-state index is -3.68. The number of rotatable bonds is 6. The van der Waals surface area contributed by atoms with Crippen molar-refractivity contribution in [3.8, 4) is 0 Å². The first-order valence-corrected chi connectivity index (χ1v) is 7.48. The largest absolute Gasteiger partial charge is 0.329 e. The van der Waals surface area contributed by atoms with E-state index in [2.05, 4.69) is 15.5 Å². The number of nitrogens with one attached hydrogen (secondary N) is 1. The Hall–Kier alpha value is -1.10. The summed E-state index contributed by atoms with van der Waals surface area (Å²) in [6.45, 7) is 3.76. The number of likely N-dealkylation sites (N-methyl/N-ethyl adjacent to an activating group) is 1. The fourth-order valence-electron chi connectivity index (χ4n) is 1.22. The minimum Gasteiger partial charge on any atom is -0.329 e. The van der Waals surface area contributed by atoms with Crippen molar-refractivity contribution in [3.05, 3.63) is 0 Å². The molecule has 0 aromatic carbocycles. The summed E-state index contributed by atoms with van der Waals surface area (Å²) >= 11 is 0.813. The Morgan fingerprint density at radius 2 is 2.17 bits per heavy atom. The molecule has 0 aliphatic rings. The van der Waals surface area contributed by atoms with E-state index in [0.717, 1.165) is 11.3 Å². The lowest BCUT2D eigenvalue weighted by Crippen LogP contribution is -2.35. The number of hydrogen-bond acceptors (Lipinski definition) is 7. The Kier molecular flexibility index (Phi) is 5.14. The lowest BCUT2D eigenvalue weighted by Gasteiger charge is -2.16. The van der Waals surface area contributed by atoms with Gasteiger partial charge in [-0.25, -0.2) is 8.42 Å². The van der Waals surface area contributed by atoms with Gasteiger partial charge in [-0.1, -0.05) is 18.3 Å². The molecule has 0 unspecified atom stereocenters. The van der Waals surface area contributed by atoms with Crippen LogP contribution in [0.15, 0.2) is 4.34 Å². The molecule has 1 aromatic rings. The van der Waals surface area contributed by atoms with E-state index in [0.29, 0.717) is 6.54 Å². The van der Waals surface area contributed by atoms with Crippen molar-refractivity contribution in [1.82, 2.24) is 14.5 Å². The molecular formula is C8H15N5O3S2. The Morgan fingerprint density at radius 1 is 1.50 bits per heavy atom. The first-order valence-electron chi connectivity index (χ1n) is 5.23. The second-order valence-corrected chi connectivity index (χ2v) is 6.43. The third-order valence-electron chi connectivity index (χ3n) is 1.98.